The summed E-state index contributed by atoms with van der Waals surface area (Å²) in [5, 5.41) is 6.64. The van der Waals surface area contributed by atoms with E-state index in [1.165, 1.54) is 49.2 Å². The van der Waals surface area contributed by atoms with Gasteiger partial charge in [-0.05, 0) is 31.2 Å². The Bertz CT molecular complexity index is 1220. The molecule has 10 heteroatoms. The predicted molar refractivity (Wildman–Crippen MR) is 113 cm³/mol. The van der Waals surface area contributed by atoms with Gasteiger partial charge in [0.2, 0.25) is 0 Å². The van der Waals surface area contributed by atoms with Crippen LogP contribution in [0.1, 0.15) is 26.3 Å². The molecule has 0 unspecified atom stereocenters. The van der Waals surface area contributed by atoms with Crippen LogP contribution < -0.4 is 15.4 Å². The SMILES string of the molecule is Cc1ccc(S(=O)(=O)N(C)c2c(C(=O)Nc3ccccc3C(N)=O)cnn2C)cc1. The summed E-state index contributed by atoms with van der Waals surface area (Å²) >= 11 is 0. The Morgan fingerprint density at radius 1 is 1.07 bits per heavy atom. The van der Waals surface area contributed by atoms with Crippen molar-refractivity contribution in [2.45, 2.75) is 11.8 Å². The molecule has 0 fully saturated rings. The van der Waals surface area contributed by atoms with E-state index in [1.54, 1.807) is 24.3 Å². The Morgan fingerprint density at radius 2 is 1.70 bits per heavy atom. The number of para-hydroxylation sites is 1. The molecule has 156 valence electrons. The fourth-order valence-electron chi connectivity index (χ4n) is 2.94. The molecule has 0 aliphatic rings. The number of sulfonamides is 1. The molecule has 9 nitrogen and oxygen atoms in total. The maximum Gasteiger partial charge on any atom is 0.265 e. The maximum absolute atomic E-state index is 13.1. The van der Waals surface area contributed by atoms with Gasteiger partial charge >= 0.3 is 0 Å². The maximum atomic E-state index is 13.1. The molecule has 0 bridgehead atoms. The number of nitrogens with one attached hydrogen (secondary N) is 1. The summed E-state index contributed by atoms with van der Waals surface area (Å²) in [6.45, 7) is 1.85. The molecule has 0 aliphatic carbocycles. The number of carbonyl (C=O) groups excluding carboxylic acids is 2. The lowest BCUT2D eigenvalue weighted by atomic mass is 10.1. The van der Waals surface area contributed by atoms with Crippen molar-refractivity contribution >= 4 is 33.3 Å². The first-order chi connectivity index (χ1) is 14.1. The smallest absolute Gasteiger partial charge is 0.265 e. The third kappa shape index (κ3) is 3.90. The highest BCUT2D eigenvalue weighted by molar-refractivity contribution is 7.92. The molecule has 0 atom stereocenters. The van der Waals surface area contributed by atoms with Crippen LogP contribution in [-0.2, 0) is 17.1 Å². The van der Waals surface area contributed by atoms with Crippen molar-refractivity contribution in [2.75, 3.05) is 16.7 Å². The topological polar surface area (TPSA) is 127 Å². The number of carbonyl (C=O) groups is 2. The number of benzene rings is 2. The van der Waals surface area contributed by atoms with Crippen molar-refractivity contribution in [3.63, 3.8) is 0 Å². The Hall–Kier alpha value is -3.66. The Kier molecular flexibility index (Phi) is 5.61. The van der Waals surface area contributed by atoms with Gasteiger partial charge in [-0.25, -0.2) is 8.42 Å². The fourth-order valence-corrected chi connectivity index (χ4v) is 4.18. The van der Waals surface area contributed by atoms with Gasteiger partial charge in [0.15, 0.2) is 5.82 Å². The average Bonchev–Trinajstić information content (AvgIpc) is 3.09. The molecular formula is C20H21N5O4S. The minimum Gasteiger partial charge on any atom is -0.366 e. The van der Waals surface area contributed by atoms with Gasteiger partial charge in [-0.3, -0.25) is 18.6 Å². The van der Waals surface area contributed by atoms with Crippen molar-refractivity contribution < 1.29 is 18.0 Å². The van der Waals surface area contributed by atoms with Crippen LogP contribution in [0.3, 0.4) is 0 Å². The molecule has 2 aromatic carbocycles. The average molecular weight is 427 g/mol. The summed E-state index contributed by atoms with van der Waals surface area (Å²) in [7, 11) is -1.05. The molecule has 1 heterocycles. The number of anilines is 2. The van der Waals surface area contributed by atoms with Gasteiger partial charge in [0, 0.05) is 14.1 Å². The third-order valence-electron chi connectivity index (χ3n) is 4.57. The predicted octanol–water partition coefficient (Wildman–Crippen LogP) is 1.90. The van der Waals surface area contributed by atoms with Crippen molar-refractivity contribution in [2.24, 2.45) is 12.8 Å². The number of rotatable bonds is 6. The minimum atomic E-state index is -3.93. The van der Waals surface area contributed by atoms with Crippen LogP contribution in [0.5, 0.6) is 0 Å². The van der Waals surface area contributed by atoms with Crippen LogP contribution in [0.4, 0.5) is 11.5 Å². The molecule has 3 N–H and O–H groups in total. The molecule has 3 rings (SSSR count). The highest BCUT2D eigenvalue weighted by Gasteiger charge is 2.29. The second-order valence-electron chi connectivity index (χ2n) is 6.66. The van der Waals surface area contributed by atoms with Crippen LogP contribution in [0.15, 0.2) is 59.6 Å². The number of hydrogen-bond acceptors (Lipinski definition) is 5. The highest BCUT2D eigenvalue weighted by Crippen LogP contribution is 2.26. The van der Waals surface area contributed by atoms with E-state index in [2.05, 4.69) is 10.4 Å². The molecule has 1 aromatic heterocycles. The monoisotopic (exact) mass is 427 g/mol. The van der Waals surface area contributed by atoms with Gasteiger partial charge in [-0.2, -0.15) is 5.10 Å². The zero-order chi connectivity index (χ0) is 22.1. The van der Waals surface area contributed by atoms with E-state index in [1.807, 2.05) is 6.92 Å². The number of primary amides is 1. The van der Waals surface area contributed by atoms with Gasteiger partial charge in [0.25, 0.3) is 21.8 Å². The standard InChI is InChI=1S/C20H21N5O4S/c1-13-8-10-14(11-9-13)30(28,29)25(3)20-16(12-22-24(20)2)19(27)23-17-7-5-4-6-15(17)18(21)26/h4-12H,1-3H3,(H2,21,26)(H,23,27). The lowest BCUT2D eigenvalue weighted by Crippen LogP contribution is -2.30. The Morgan fingerprint density at radius 3 is 2.33 bits per heavy atom. The van der Waals surface area contributed by atoms with E-state index >= 15 is 0 Å². The first-order valence-corrected chi connectivity index (χ1v) is 10.3. The first-order valence-electron chi connectivity index (χ1n) is 8.90. The van der Waals surface area contributed by atoms with E-state index in [4.69, 9.17) is 5.73 Å². The van der Waals surface area contributed by atoms with Crippen LogP contribution in [-0.4, -0.2) is 37.1 Å². The van der Waals surface area contributed by atoms with Crippen LogP contribution in [0.2, 0.25) is 0 Å². The van der Waals surface area contributed by atoms with E-state index < -0.39 is 21.8 Å². The molecule has 0 radical (unpaired) electrons. The minimum absolute atomic E-state index is 0.0231. The highest BCUT2D eigenvalue weighted by atomic mass is 32.2. The zero-order valence-electron chi connectivity index (χ0n) is 16.7. The van der Waals surface area contributed by atoms with Crippen molar-refractivity contribution in [1.29, 1.82) is 0 Å². The fraction of sp³-hybridized carbons (Fsp3) is 0.150. The van der Waals surface area contributed by atoms with Crippen LogP contribution >= 0.6 is 0 Å². The quantitative estimate of drug-likeness (QED) is 0.621. The third-order valence-corrected chi connectivity index (χ3v) is 6.33. The second-order valence-corrected chi connectivity index (χ2v) is 8.62. The van der Waals surface area contributed by atoms with Crippen molar-refractivity contribution in [3.8, 4) is 0 Å². The summed E-state index contributed by atoms with van der Waals surface area (Å²) in [6.07, 6.45) is 1.26. The van der Waals surface area contributed by atoms with E-state index in [9.17, 15) is 18.0 Å². The molecule has 0 saturated carbocycles. The molecule has 0 saturated heterocycles. The Balaban J connectivity index is 1.98. The molecule has 0 aliphatic heterocycles. The number of amides is 2. The first kappa shape index (κ1) is 21.1. The molecule has 30 heavy (non-hydrogen) atoms. The summed E-state index contributed by atoms with van der Waals surface area (Å²) in [6, 6.07) is 12.7. The van der Waals surface area contributed by atoms with E-state index in [0.29, 0.717) is 0 Å². The Labute approximate surface area is 174 Å². The van der Waals surface area contributed by atoms with Crippen molar-refractivity contribution in [3.05, 3.63) is 71.4 Å². The summed E-state index contributed by atoms with van der Waals surface area (Å²) in [5.41, 5.74) is 6.65. The lowest BCUT2D eigenvalue weighted by molar-refractivity contribution is 0.100. The largest absolute Gasteiger partial charge is 0.366 e. The van der Waals surface area contributed by atoms with E-state index in [0.717, 1.165) is 9.87 Å². The lowest BCUT2D eigenvalue weighted by Gasteiger charge is -2.21. The van der Waals surface area contributed by atoms with Gasteiger partial charge in [-0.15, -0.1) is 0 Å². The molecule has 3 aromatic rings. The van der Waals surface area contributed by atoms with Crippen LogP contribution in [0.25, 0.3) is 0 Å². The molecular weight excluding hydrogens is 406 g/mol. The molecule has 2 amide bonds. The number of hydrogen-bond donors (Lipinski definition) is 2. The summed E-state index contributed by atoms with van der Waals surface area (Å²) < 4.78 is 28.4. The normalized spacial score (nSPS) is 11.2. The van der Waals surface area contributed by atoms with Crippen molar-refractivity contribution in [1.82, 2.24) is 9.78 Å². The molecule has 0 spiro atoms. The van der Waals surface area contributed by atoms with Gasteiger partial charge in [-0.1, -0.05) is 29.8 Å². The zero-order valence-corrected chi connectivity index (χ0v) is 17.5. The van der Waals surface area contributed by atoms with E-state index in [-0.39, 0.29) is 27.5 Å². The second kappa shape index (κ2) is 7.99. The van der Waals surface area contributed by atoms with Crippen LogP contribution in [0, 0.1) is 6.92 Å². The van der Waals surface area contributed by atoms with Gasteiger partial charge < -0.3 is 11.1 Å². The number of aromatic nitrogens is 2. The number of nitrogens with two attached hydrogens (primary N) is 1. The summed E-state index contributed by atoms with van der Waals surface area (Å²) in [5.74, 6) is -1.25. The number of aryl methyl sites for hydroxylation is 2. The number of nitrogens with zero attached hydrogens (tertiary/aromatic N) is 3. The van der Waals surface area contributed by atoms with Gasteiger partial charge in [0.1, 0.15) is 5.56 Å². The summed E-state index contributed by atoms with van der Waals surface area (Å²) in [4.78, 5) is 24.6. The van der Waals surface area contributed by atoms with Gasteiger partial charge in [0.05, 0.1) is 22.3 Å².